The highest BCUT2D eigenvalue weighted by molar-refractivity contribution is 9.10. The first-order valence-corrected chi connectivity index (χ1v) is 7.89. The molecule has 0 radical (unpaired) electrons. The Morgan fingerprint density at radius 2 is 1.95 bits per heavy atom. The maximum absolute atomic E-state index is 10.4. The van der Waals surface area contributed by atoms with Gasteiger partial charge < -0.3 is 15.2 Å². The van der Waals surface area contributed by atoms with Gasteiger partial charge in [0.25, 0.3) is 0 Å². The fraction of sp³-hybridized carbons (Fsp3) is 0.353. The second kappa shape index (κ2) is 6.77. The number of pyridine rings is 1. The summed E-state index contributed by atoms with van der Waals surface area (Å²) in [5, 5.41) is 13.7. The van der Waals surface area contributed by atoms with Gasteiger partial charge in [-0.05, 0) is 67.9 Å². The van der Waals surface area contributed by atoms with Crippen LogP contribution in [0.15, 0.2) is 41.1 Å². The number of benzene rings is 1. The van der Waals surface area contributed by atoms with Gasteiger partial charge in [0, 0.05) is 11.3 Å². The van der Waals surface area contributed by atoms with Crippen LogP contribution in [0.5, 0.6) is 0 Å². The van der Waals surface area contributed by atoms with Crippen molar-refractivity contribution in [2.24, 2.45) is 0 Å². The monoisotopic (exact) mass is 364 g/mol. The second-order valence-electron chi connectivity index (χ2n) is 6.17. The topological polar surface area (TPSA) is 54.4 Å². The predicted molar refractivity (Wildman–Crippen MR) is 92.2 cm³/mol. The molecule has 2 aromatic rings. The van der Waals surface area contributed by atoms with Crippen LogP contribution < -0.4 is 5.32 Å². The lowest BCUT2D eigenvalue weighted by atomic mass is 10.1. The van der Waals surface area contributed by atoms with E-state index in [1.165, 1.54) is 0 Å². The van der Waals surface area contributed by atoms with Gasteiger partial charge in [0.1, 0.15) is 4.60 Å². The molecule has 118 valence electrons. The highest BCUT2D eigenvalue weighted by Crippen LogP contribution is 2.30. The number of aliphatic hydroxyl groups is 1. The molecule has 1 aromatic heterocycles. The number of aliphatic hydroxyl groups excluding tert-OH is 1. The zero-order valence-electron chi connectivity index (χ0n) is 13.2. The van der Waals surface area contributed by atoms with Crippen molar-refractivity contribution < 1.29 is 9.84 Å². The van der Waals surface area contributed by atoms with Crippen LogP contribution in [-0.4, -0.2) is 15.7 Å². The molecule has 0 amide bonds. The zero-order valence-corrected chi connectivity index (χ0v) is 14.8. The van der Waals surface area contributed by atoms with Gasteiger partial charge in [0.15, 0.2) is 6.29 Å². The van der Waals surface area contributed by atoms with Gasteiger partial charge in [-0.25, -0.2) is 4.98 Å². The largest absolute Gasteiger partial charge is 0.364 e. The molecule has 0 fully saturated rings. The predicted octanol–water partition coefficient (Wildman–Crippen LogP) is 4.70. The molecule has 5 heteroatoms. The van der Waals surface area contributed by atoms with Gasteiger partial charge in [-0.3, -0.25) is 0 Å². The number of ether oxygens (including phenoxy) is 1. The van der Waals surface area contributed by atoms with E-state index in [4.69, 9.17) is 4.74 Å². The third-order valence-electron chi connectivity index (χ3n) is 2.94. The minimum Gasteiger partial charge on any atom is -0.364 e. The number of hydrogen-bond acceptors (Lipinski definition) is 4. The van der Waals surface area contributed by atoms with Gasteiger partial charge in [-0.1, -0.05) is 11.6 Å². The number of hydrogen-bond donors (Lipinski definition) is 2. The number of rotatable bonds is 4. The van der Waals surface area contributed by atoms with Gasteiger partial charge in [-0.15, -0.1) is 0 Å². The van der Waals surface area contributed by atoms with E-state index in [9.17, 15) is 5.11 Å². The normalized spacial score (nSPS) is 13.0. The van der Waals surface area contributed by atoms with E-state index >= 15 is 0 Å². The van der Waals surface area contributed by atoms with Crippen molar-refractivity contribution in [3.8, 4) is 0 Å². The highest BCUT2D eigenvalue weighted by Gasteiger charge is 2.20. The van der Waals surface area contributed by atoms with Gasteiger partial charge in [0.05, 0.1) is 17.5 Å². The molecule has 0 bridgehead atoms. The lowest BCUT2D eigenvalue weighted by Crippen LogP contribution is -2.23. The van der Waals surface area contributed by atoms with E-state index in [0.717, 1.165) is 21.5 Å². The Hall–Kier alpha value is -1.43. The Labute approximate surface area is 139 Å². The number of halogens is 1. The summed E-state index contributed by atoms with van der Waals surface area (Å²) in [6.07, 6.45) is 0.732. The van der Waals surface area contributed by atoms with Crippen LogP contribution >= 0.6 is 15.9 Å². The Morgan fingerprint density at radius 3 is 2.55 bits per heavy atom. The third kappa shape index (κ3) is 4.80. The van der Waals surface area contributed by atoms with Crippen LogP contribution in [0, 0.1) is 6.92 Å². The molecule has 1 heterocycles. The Morgan fingerprint density at radius 1 is 1.23 bits per heavy atom. The summed E-state index contributed by atoms with van der Waals surface area (Å²) in [5.74, 6) is 0. The van der Waals surface area contributed by atoms with E-state index in [-0.39, 0.29) is 0 Å². The molecule has 4 nitrogen and oxygen atoms in total. The molecular weight excluding hydrogens is 344 g/mol. The minimum atomic E-state index is -0.995. The summed E-state index contributed by atoms with van der Waals surface area (Å²) in [6, 6.07) is 9.62. The SMILES string of the molecule is Cc1ccc(Nc2ccc(Br)nc2)c(C(O)OC(C)(C)C)c1. The average Bonchev–Trinajstić information content (AvgIpc) is 2.41. The number of aromatic nitrogens is 1. The first kappa shape index (κ1) is 16.9. The molecule has 2 N–H and O–H groups in total. The molecule has 1 atom stereocenters. The summed E-state index contributed by atoms with van der Waals surface area (Å²) in [4.78, 5) is 4.19. The average molecular weight is 365 g/mol. The summed E-state index contributed by atoms with van der Waals surface area (Å²) in [6.45, 7) is 7.73. The van der Waals surface area contributed by atoms with Crippen molar-refractivity contribution in [2.75, 3.05) is 5.32 Å². The van der Waals surface area contributed by atoms with Gasteiger partial charge in [0.2, 0.25) is 0 Å². The molecule has 1 aromatic carbocycles. The molecule has 0 aliphatic heterocycles. The van der Waals surface area contributed by atoms with Crippen LogP contribution in [0.3, 0.4) is 0 Å². The number of nitrogens with one attached hydrogen (secondary N) is 1. The van der Waals surface area contributed by atoms with Gasteiger partial charge >= 0.3 is 0 Å². The molecule has 0 saturated carbocycles. The van der Waals surface area contributed by atoms with Gasteiger partial charge in [-0.2, -0.15) is 0 Å². The van der Waals surface area contributed by atoms with Crippen LogP contribution in [0.2, 0.25) is 0 Å². The van der Waals surface area contributed by atoms with Crippen molar-refractivity contribution in [1.29, 1.82) is 0 Å². The Bertz CT molecular complexity index is 636. The molecule has 2 rings (SSSR count). The van der Waals surface area contributed by atoms with E-state index in [0.29, 0.717) is 5.56 Å². The smallest absolute Gasteiger partial charge is 0.183 e. The Kier molecular flexibility index (Phi) is 5.21. The molecule has 0 spiro atoms. The molecule has 0 aliphatic rings. The number of nitrogens with zero attached hydrogens (tertiary/aromatic N) is 1. The maximum atomic E-state index is 10.4. The first-order valence-electron chi connectivity index (χ1n) is 7.09. The molecule has 0 saturated heterocycles. The summed E-state index contributed by atoms with van der Waals surface area (Å²) in [5.41, 5.74) is 2.98. The summed E-state index contributed by atoms with van der Waals surface area (Å²) in [7, 11) is 0. The number of aryl methyl sites for hydroxylation is 1. The summed E-state index contributed by atoms with van der Waals surface area (Å²) < 4.78 is 6.44. The van der Waals surface area contributed by atoms with Crippen molar-refractivity contribution in [1.82, 2.24) is 4.98 Å². The molecule has 22 heavy (non-hydrogen) atoms. The van der Waals surface area contributed by atoms with E-state index < -0.39 is 11.9 Å². The van der Waals surface area contributed by atoms with Crippen molar-refractivity contribution in [3.05, 3.63) is 52.3 Å². The van der Waals surface area contributed by atoms with Crippen LogP contribution in [0.25, 0.3) is 0 Å². The molecular formula is C17H21BrN2O2. The quantitative estimate of drug-likeness (QED) is 0.609. The van der Waals surface area contributed by atoms with E-state index in [1.54, 1.807) is 6.20 Å². The number of anilines is 2. The standard InChI is InChI=1S/C17H21BrN2O2/c1-11-5-7-14(20-12-6-8-15(18)19-10-12)13(9-11)16(21)22-17(2,3)4/h5-10,16,20-21H,1-4H3. The van der Waals surface area contributed by atoms with Crippen LogP contribution in [0.4, 0.5) is 11.4 Å². The summed E-state index contributed by atoms with van der Waals surface area (Å²) >= 11 is 3.31. The first-order chi connectivity index (χ1) is 10.2. The van der Waals surface area contributed by atoms with Crippen molar-refractivity contribution in [3.63, 3.8) is 0 Å². The maximum Gasteiger partial charge on any atom is 0.183 e. The highest BCUT2D eigenvalue weighted by atomic mass is 79.9. The van der Waals surface area contributed by atoms with Crippen LogP contribution in [-0.2, 0) is 4.74 Å². The second-order valence-corrected chi connectivity index (χ2v) is 6.98. The minimum absolute atomic E-state index is 0.431. The molecule has 0 aliphatic carbocycles. The fourth-order valence-electron chi connectivity index (χ4n) is 2.00. The van der Waals surface area contributed by atoms with E-state index in [2.05, 4.69) is 26.2 Å². The molecule has 1 unspecified atom stereocenters. The zero-order chi connectivity index (χ0) is 16.3. The van der Waals surface area contributed by atoms with E-state index in [1.807, 2.05) is 58.0 Å². The Balaban J connectivity index is 2.29. The fourth-order valence-corrected chi connectivity index (χ4v) is 2.24. The third-order valence-corrected chi connectivity index (χ3v) is 3.41. The van der Waals surface area contributed by atoms with Crippen LogP contribution in [0.1, 0.15) is 38.2 Å². The lowest BCUT2D eigenvalue weighted by Gasteiger charge is -2.26. The lowest BCUT2D eigenvalue weighted by molar-refractivity contribution is -0.169. The van der Waals surface area contributed by atoms with Crippen molar-refractivity contribution >= 4 is 27.3 Å². The van der Waals surface area contributed by atoms with Crippen molar-refractivity contribution in [2.45, 2.75) is 39.6 Å².